The van der Waals surface area contributed by atoms with Crippen molar-refractivity contribution >= 4 is 5.91 Å². The number of carbonyl (C=O) groups is 1. The lowest BCUT2D eigenvalue weighted by Gasteiger charge is -2.27. The van der Waals surface area contributed by atoms with Crippen LogP contribution in [0.15, 0.2) is 18.2 Å². The molecular formula is C15H22N2O3. The average molecular weight is 278 g/mol. The molecule has 0 bridgehead atoms. The van der Waals surface area contributed by atoms with Crippen molar-refractivity contribution in [3.05, 3.63) is 23.8 Å². The van der Waals surface area contributed by atoms with Gasteiger partial charge in [-0.1, -0.05) is 18.9 Å². The molecule has 110 valence electrons. The van der Waals surface area contributed by atoms with E-state index in [2.05, 4.69) is 12.2 Å². The number of carbonyl (C=O) groups excluding carboxylic acids is 1. The molecule has 1 saturated carbocycles. The van der Waals surface area contributed by atoms with Gasteiger partial charge in [0.1, 0.15) is 0 Å². The van der Waals surface area contributed by atoms with Crippen molar-refractivity contribution in [1.82, 2.24) is 5.32 Å². The molecular weight excluding hydrogens is 256 g/mol. The van der Waals surface area contributed by atoms with E-state index in [0.29, 0.717) is 6.42 Å². The molecule has 5 N–H and O–H groups in total. The summed E-state index contributed by atoms with van der Waals surface area (Å²) < 4.78 is 0. The van der Waals surface area contributed by atoms with E-state index < -0.39 is 6.04 Å². The molecule has 0 aromatic heterocycles. The number of hydrogen-bond acceptors (Lipinski definition) is 4. The summed E-state index contributed by atoms with van der Waals surface area (Å²) in [4.78, 5) is 12.1. The standard InChI is InChI=1S/C15H22N2O3/c1-15(6-2-3-7-15)17-14(20)11(16)8-10-4-5-12(18)13(19)9-10/h4-5,9,11,18-19H,2-3,6-8,16H2,1H3,(H,17,20)/t11-/m0/s1. The number of rotatable bonds is 4. The molecule has 0 heterocycles. The highest BCUT2D eigenvalue weighted by Crippen LogP contribution is 2.29. The lowest BCUT2D eigenvalue weighted by molar-refractivity contribution is -0.124. The Balaban J connectivity index is 1.95. The lowest BCUT2D eigenvalue weighted by atomic mass is 9.99. The Morgan fingerprint density at radius 3 is 2.60 bits per heavy atom. The van der Waals surface area contributed by atoms with Crippen LogP contribution >= 0.6 is 0 Å². The van der Waals surface area contributed by atoms with E-state index in [1.807, 2.05) is 0 Å². The van der Waals surface area contributed by atoms with Gasteiger partial charge in [-0.3, -0.25) is 4.79 Å². The van der Waals surface area contributed by atoms with Gasteiger partial charge >= 0.3 is 0 Å². The maximum atomic E-state index is 12.1. The summed E-state index contributed by atoms with van der Waals surface area (Å²) in [6.45, 7) is 2.05. The first kappa shape index (κ1) is 14.7. The number of aromatic hydroxyl groups is 2. The Labute approximate surface area is 118 Å². The van der Waals surface area contributed by atoms with Gasteiger partial charge in [-0.25, -0.2) is 0 Å². The summed E-state index contributed by atoms with van der Waals surface area (Å²) >= 11 is 0. The van der Waals surface area contributed by atoms with Gasteiger partial charge in [-0.15, -0.1) is 0 Å². The molecule has 5 heteroatoms. The first-order valence-electron chi connectivity index (χ1n) is 6.98. The summed E-state index contributed by atoms with van der Waals surface area (Å²) in [5.41, 5.74) is 6.51. The molecule has 20 heavy (non-hydrogen) atoms. The summed E-state index contributed by atoms with van der Waals surface area (Å²) in [7, 11) is 0. The molecule has 0 spiro atoms. The predicted molar refractivity (Wildman–Crippen MR) is 76.5 cm³/mol. The number of phenolic OH excluding ortho intramolecular Hbond substituents is 2. The van der Waals surface area contributed by atoms with Crippen LogP contribution in [0, 0.1) is 0 Å². The summed E-state index contributed by atoms with van der Waals surface area (Å²) in [5.74, 6) is -0.537. The Morgan fingerprint density at radius 1 is 1.35 bits per heavy atom. The zero-order chi connectivity index (χ0) is 14.8. The summed E-state index contributed by atoms with van der Waals surface area (Å²) in [6.07, 6.45) is 4.59. The van der Waals surface area contributed by atoms with Crippen molar-refractivity contribution < 1.29 is 15.0 Å². The van der Waals surface area contributed by atoms with E-state index >= 15 is 0 Å². The van der Waals surface area contributed by atoms with E-state index in [0.717, 1.165) is 31.2 Å². The van der Waals surface area contributed by atoms with Gasteiger partial charge in [0, 0.05) is 5.54 Å². The van der Waals surface area contributed by atoms with Crippen LogP contribution in [0.25, 0.3) is 0 Å². The van der Waals surface area contributed by atoms with Crippen LogP contribution in [0.3, 0.4) is 0 Å². The molecule has 0 saturated heterocycles. The molecule has 1 aromatic rings. The van der Waals surface area contributed by atoms with E-state index in [9.17, 15) is 15.0 Å². The fourth-order valence-electron chi connectivity index (χ4n) is 2.71. The minimum Gasteiger partial charge on any atom is -0.504 e. The van der Waals surface area contributed by atoms with Crippen LogP contribution in [-0.2, 0) is 11.2 Å². The molecule has 1 fully saturated rings. The third kappa shape index (κ3) is 3.42. The highest BCUT2D eigenvalue weighted by Gasteiger charge is 2.31. The number of nitrogens with two attached hydrogens (primary N) is 1. The van der Waals surface area contributed by atoms with Crippen molar-refractivity contribution in [3.8, 4) is 11.5 Å². The van der Waals surface area contributed by atoms with E-state index in [1.54, 1.807) is 6.07 Å². The molecule has 0 aliphatic heterocycles. The van der Waals surface area contributed by atoms with Crippen molar-refractivity contribution in [1.29, 1.82) is 0 Å². The number of amides is 1. The number of nitrogens with one attached hydrogen (secondary N) is 1. The Bertz CT molecular complexity index is 496. The smallest absolute Gasteiger partial charge is 0.237 e. The largest absolute Gasteiger partial charge is 0.504 e. The second kappa shape index (κ2) is 5.71. The van der Waals surface area contributed by atoms with Gasteiger partial charge in [-0.05, 0) is 43.9 Å². The quantitative estimate of drug-likeness (QED) is 0.626. The van der Waals surface area contributed by atoms with E-state index in [1.165, 1.54) is 12.1 Å². The average Bonchev–Trinajstić information content (AvgIpc) is 2.80. The van der Waals surface area contributed by atoms with Crippen LogP contribution in [0.1, 0.15) is 38.2 Å². The highest BCUT2D eigenvalue weighted by atomic mass is 16.3. The maximum Gasteiger partial charge on any atom is 0.237 e. The van der Waals surface area contributed by atoms with Gasteiger partial charge in [0.05, 0.1) is 6.04 Å². The van der Waals surface area contributed by atoms with Gasteiger partial charge in [0.15, 0.2) is 11.5 Å². The van der Waals surface area contributed by atoms with Gasteiger partial charge < -0.3 is 21.3 Å². The number of phenols is 2. The molecule has 1 amide bonds. The van der Waals surface area contributed by atoms with Gasteiger partial charge in [0.2, 0.25) is 5.91 Å². The first-order valence-corrected chi connectivity index (χ1v) is 6.98. The Kier molecular flexibility index (Phi) is 4.18. The first-order chi connectivity index (χ1) is 9.39. The molecule has 0 unspecified atom stereocenters. The Hall–Kier alpha value is -1.75. The number of benzene rings is 1. The summed E-state index contributed by atoms with van der Waals surface area (Å²) in [6, 6.07) is 3.82. The molecule has 5 nitrogen and oxygen atoms in total. The molecule has 1 aromatic carbocycles. The van der Waals surface area contributed by atoms with Gasteiger partial charge in [-0.2, -0.15) is 0 Å². The normalized spacial score (nSPS) is 18.7. The third-order valence-corrected chi connectivity index (χ3v) is 3.96. The van der Waals surface area contributed by atoms with E-state index in [-0.39, 0.29) is 22.9 Å². The second-order valence-electron chi connectivity index (χ2n) is 5.89. The second-order valence-corrected chi connectivity index (χ2v) is 5.89. The molecule has 1 aliphatic rings. The van der Waals surface area contributed by atoms with Gasteiger partial charge in [0.25, 0.3) is 0 Å². The van der Waals surface area contributed by atoms with Crippen LogP contribution in [0.5, 0.6) is 11.5 Å². The van der Waals surface area contributed by atoms with Crippen molar-refractivity contribution in [2.75, 3.05) is 0 Å². The monoisotopic (exact) mass is 278 g/mol. The molecule has 1 atom stereocenters. The fourth-order valence-corrected chi connectivity index (χ4v) is 2.71. The number of hydrogen-bond donors (Lipinski definition) is 4. The van der Waals surface area contributed by atoms with Crippen LogP contribution in [0.2, 0.25) is 0 Å². The third-order valence-electron chi connectivity index (χ3n) is 3.96. The SMILES string of the molecule is CC1(NC(=O)[C@@H](N)Cc2ccc(O)c(O)c2)CCCC1. The van der Waals surface area contributed by atoms with Crippen molar-refractivity contribution in [3.63, 3.8) is 0 Å². The zero-order valence-corrected chi connectivity index (χ0v) is 11.7. The van der Waals surface area contributed by atoms with Crippen LogP contribution in [-0.4, -0.2) is 27.7 Å². The van der Waals surface area contributed by atoms with E-state index in [4.69, 9.17) is 5.73 Å². The predicted octanol–water partition coefficient (Wildman–Crippen LogP) is 1.42. The van der Waals surface area contributed by atoms with Crippen molar-refractivity contribution in [2.24, 2.45) is 5.73 Å². The molecule has 0 radical (unpaired) electrons. The molecule has 2 rings (SSSR count). The van der Waals surface area contributed by atoms with Crippen LogP contribution in [0.4, 0.5) is 0 Å². The minimum atomic E-state index is -0.656. The minimum absolute atomic E-state index is 0.133. The van der Waals surface area contributed by atoms with Crippen molar-refractivity contribution in [2.45, 2.75) is 50.6 Å². The zero-order valence-electron chi connectivity index (χ0n) is 11.7. The highest BCUT2D eigenvalue weighted by molar-refractivity contribution is 5.82. The fraction of sp³-hybridized carbons (Fsp3) is 0.533. The summed E-state index contributed by atoms with van der Waals surface area (Å²) in [5, 5.41) is 21.7. The maximum absolute atomic E-state index is 12.1. The topological polar surface area (TPSA) is 95.6 Å². The lowest BCUT2D eigenvalue weighted by Crippen LogP contribution is -2.51. The Morgan fingerprint density at radius 2 is 2.00 bits per heavy atom. The molecule has 1 aliphatic carbocycles. The van der Waals surface area contributed by atoms with Crippen LogP contribution < -0.4 is 11.1 Å².